The van der Waals surface area contributed by atoms with Crippen molar-refractivity contribution in [1.82, 2.24) is 9.47 Å². The SMILES string of the molecule is CN(C)CCn1c(Cl)c(Cl)c(C#N)c1-c1ccc(Cl)c(Cl)c1. The molecule has 0 fully saturated rings. The van der Waals surface area contributed by atoms with Crippen molar-refractivity contribution in [2.75, 3.05) is 20.6 Å². The molecule has 7 heteroatoms. The average Bonchev–Trinajstić information content (AvgIpc) is 2.71. The molecule has 0 atom stereocenters. The molecule has 1 aromatic carbocycles. The minimum Gasteiger partial charge on any atom is -0.328 e. The lowest BCUT2D eigenvalue weighted by molar-refractivity contribution is 0.385. The van der Waals surface area contributed by atoms with E-state index < -0.39 is 0 Å². The average molecular weight is 377 g/mol. The van der Waals surface area contributed by atoms with Crippen molar-refractivity contribution in [3.05, 3.63) is 44.0 Å². The number of hydrogen-bond donors (Lipinski definition) is 0. The fourth-order valence-electron chi connectivity index (χ4n) is 2.11. The summed E-state index contributed by atoms with van der Waals surface area (Å²) in [5, 5.41) is 10.9. The van der Waals surface area contributed by atoms with Crippen molar-refractivity contribution in [3.63, 3.8) is 0 Å². The number of halogens is 4. The van der Waals surface area contributed by atoms with Crippen molar-refractivity contribution in [2.45, 2.75) is 6.54 Å². The third kappa shape index (κ3) is 3.37. The predicted octanol–water partition coefficient (Wildman–Crippen LogP) is 5.20. The van der Waals surface area contributed by atoms with Crippen molar-refractivity contribution in [2.24, 2.45) is 0 Å². The van der Waals surface area contributed by atoms with Gasteiger partial charge in [-0.05, 0) is 26.2 Å². The van der Waals surface area contributed by atoms with Crippen LogP contribution < -0.4 is 0 Å². The largest absolute Gasteiger partial charge is 0.328 e. The topological polar surface area (TPSA) is 32.0 Å². The third-order valence-electron chi connectivity index (χ3n) is 3.22. The van der Waals surface area contributed by atoms with E-state index in [1.807, 2.05) is 23.6 Å². The maximum absolute atomic E-state index is 9.42. The summed E-state index contributed by atoms with van der Waals surface area (Å²) in [4.78, 5) is 2.02. The van der Waals surface area contributed by atoms with Crippen molar-refractivity contribution in [1.29, 1.82) is 5.26 Å². The van der Waals surface area contributed by atoms with E-state index in [0.717, 1.165) is 12.1 Å². The molecule has 0 aliphatic carbocycles. The van der Waals surface area contributed by atoms with Gasteiger partial charge >= 0.3 is 0 Å². The van der Waals surface area contributed by atoms with Crippen LogP contribution in [0.25, 0.3) is 11.3 Å². The van der Waals surface area contributed by atoms with E-state index in [1.54, 1.807) is 18.2 Å². The Labute approximate surface area is 149 Å². The monoisotopic (exact) mass is 375 g/mol. The molecule has 0 saturated heterocycles. The molecule has 1 aromatic heterocycles. The normalized spacial score (nSPS) is 11.0. The van der Waals surface area contributed by atoms with Crippen LogP contribution in [0.3, 0.4) is 0 Å². The van der Waals surface area contributed by atoms with Crippen LogP contribution in [0.4, 0.5) is 0 Å². The first-order valence-corrected chi connectivity index (χ1v) is 7.95. The van der Waals surface area contributed by atoms with Crippen LogP contribution in [0.2, 0.25) is 20.2 Å². The number of nitriles is 1. The lowest BCUT2D eigenvalue weighted by atomic mass is 10.1. The standard InChI is InChI=1S/C15H13Cl4N3/c1-21(2)5-6-22-14(10(8-20)13(18)15(22)19)9-3-4-11(16)12(17)7-9/h3-4,7H,5-6H2,1-2H3. The van der Waals surface area contributed by atoms with Crippen LogP contribution in [-0.2, 0) is 6.54 Å². The van der Waals surface area contributed by atoms with Gasteiger partial charge in [-0.15, -0.1) is 0 Å². The molecule has 0 unspecified atom stereocenters. The van der Waals surface area contributed by atoms with Gasteiger partial charge in [0.2, 0.25) is 0 Å². The summed E-state index contributed by atoms with van der Waals surface area (Å²) in [7, 11) is 3.92. The Morgan fingerprint density at radius 2 is 1.82 bits per heavy atom. The number of hydrogen-bond acceptors (Lipinski definition) is 2. The highest BCUT2D eigenvalue weighted by molar-refractivity contribution is 6.43. The molecule has 0 aliphatic heterocycles. The van der Waals surface area contributed by atoms with E-state index in [2.05, 4.69) is 6.07 Å². The van der Waals surface area contributed by atoms with Gasteiger partial charge < -0.3 is 9.47 Å². The zero-order valence-corrected chi connectivity index (χ0v) is 15.0. The van der Waals surface area contributed by atoms with E-state index in [9.17, 15) is 5.26 Å². The first-order chi connectivity index (χ1) is 10.4. The molecule has 0 aliphatic rings. The molecular formula is C15H13Cl4N3. The lowest BCUT2D eigenvalue weighted by Crippen LogP contribution is -2.19. The van der Waals surface area contributed by atoms with Crippen LogP contribution in [0.5, 0.6) is 0 Å². The summed E-state index contributed by atoms with van der Waals surface area (Å²) in [5.74, 6) is 0. The zero-order chi connectivity index (χ0) is 16.4. The summed E-state index contributed by atoms with van der Waals surface area (Å²) >= 11 is 24.6. The van der Waals surface area contributed by atoms with Crippen LogP contribution in [0, 0.1) is 11.3 Å². The molecule has 0 bridgehead atoms. The van der Waals surface area contributed by atoms with E-state index in [-0.39, 0.29) is 5.02 Å². The fraction of sp³-hybridized carbons (Fsp3) is 0.267. The first-order valence-electron chi connectivity index (χ1n) is 6.44. The second kappa shape index (κ2) is 7.12. The van der Waals surface area contributed by atoms with E-state index in [1.165, 1.54) is 0 Å². The lowest BCUT2D eigenvalue weighted by Gasteiger charge is -2.15. The minimum absolute atomic E-state index is 0.254. The van der Waals surface area contributed by atoms with Crippen LogP contribution in [-0.4, -0.2) is 30.1 Å². The number of aromatic nitrogens is 1. The van der Waals surface area contributed by atoms with Gasteiger partial charge in [-0.2, -0.15) is 5.26 Å². The fourth-order valence-corrected chi connectivity index (χ4v) is 2.91. The summed E-state index contributed by atoms with van der Waals surface area (Å²) in [5.41, 5.74) is 1.74. The second-order valence-corrected chi connectivity index (χ2v) is 6.57. The maximum Gasteiger partial charge on any atom is 0.129 e. The second-order valence-electron chi connectivity index (χ2n) is 5.02. The quantitative estimate of drug-likeness (QED) is 0.734. The van der Waals surface area contributed by atoms with Gasteiger partial charge in [0, 0.05) is 18.7 Å². The summed E-state index contributed by atoms with van der Waals surface area (Å²) in [6, 6.07) is 7.31. The highest BCUT2D eigenvalue weighted by Gasteiger charge is 2.22. The molecule has 0 spiro atoms. The number of rotatable bonds is 4. The molecule has 1 heterocycles. The number of benzene rings is 1. The summed E-state index contributed by atoms with van der Waals surface area (Å²) in [6.45, 7) is 1.35. The van der Waals surface area contributed by atoms with Gasteiger partial charge in [0.05, 0.1) is 26.3 Å². The molecule has 2 rings (SSSR count). The van der Waals surface area contributed by atoms with Crippen LogP contribution >= 0.6 is 46.4 Å². The Bertz CT molecular complexity index is 744. The molecule has 0 saturated carbocycles. The van der Waals surface area contributed by atoms with Crippen molar-refractivity contribution < 1.29 is 0 Å². The molecule has 0 N–H and O–H groups in total. The summed E-state index contributed by atoms with van der Waals surface area (Å²) in [6.07, 6.45) is 0. The van der Waals surface area contributed by atoms with Crippen molar-refractivity contribution in [3.8, 4) is 17.3 Å². The van der Waals surface area contributed by atoms with Crippen molar-refractivity contribution >= 4 is 46.4 Å². The van der Waals surface area contributed by atoms with Crippen LogP contribution in [0.1, 0.15) is 5.56 Å². The Morgan fingerprint density at radius 3 is 2.36 bits per heavy atom. The maximum atomic E-state index is 9.42. The van der Waals surface area contributed by atoms with E-state index in [4.69, 9.17) is 46.4 Å². The van der Waals surface area contributed by atoms with E-state index in [0.29, 0.717) is 33.0 Å². The van der Waals surface area contributed by atoms with Gasteiger partial charge in [-0.1, -0.05) is 52.5 Å². The van der Waals surface area contributed by atoms with E-state index >= 15 is 0 Å². The molecule has 116 valence electrons. The predicted molar refractivity (Wildman–Crippen MR) is 93.2 cm³/mol. The smallest absolute Gasteiger partial charge is 0.129 e. The Morgan fingerprint density at radius 1 is 1.14 bits per heavy atom. The van der Waals surface area contributed by atoms with Gasteiger partial charge in [-0.25, -0.2) is 0 Å². The van der Waals surface area contributed by atoms with Crippen LogP contribution in [0.15, 0.2) is 18.2 Å². The highest BCUT2D eigenvalue weighted by atomic mass is 35.5. The Balaban J connectivity index is 2.64. The first kappa shape index (κ1) is 17.5. The summed E-state index contributed by atoms with van der Waals surface area (Å²) < 4.78 is 1.82. The molecule has 22 heavy (non-hydrogen) atoms. The Hall–Kier alpha value is -0.890. The van der Waals surface area contributed by atoms with Gasteiger partial charge in [-0.3, -0.25) is 0 Å². The van der Waals surface area contributed by atoms with Gasteiger partial charge in [0.25, 0.3) is 0 Å². The third-order valence-corrected chi connectivity index (χ3v) is 4.82. The Kier molecular flexibility index (Phi) is 5.65. The number of likely N-dealkylation sites (N-methyl/N-ethyl adjacent to an activating group) is 1. The molecule has 3 nitrogen and oxygen atoms in total. The highest BCUT2D eigenvalue weighted by Crippen LogP contribution is 2.39. The zero-order valence-electron chi connectivity index (χ0n) is 12.0. The van der Waals surface area contributed by atoms with Gasteiger partial charge in [0.15, 0.2) is 0 Å². The van der Waals surface area contributed by atoms with Gasteiger partial charge in [0.1, 0.15) is 11.2 Å². The minimum atomic E-state index is 0.254. The molecule has 0 radical (unpaired) electrons. The molecular weight excluding hydrogens is 364 g/mol. The molecule has 2 aromatic rings. The molecule has 0 amide bonds. The number of nitrogens with zero attached hydrogens (tertiary/aromatic N) is 3.